The van der Waals surface area contributed by atoms with E-state index in [9.17, 15) is 13.6 Å². The van der Waals surface area contributed by atoms with Gasteiger partial charge in [0.15, 0.2) is 0 Å². The van der Waals surface area contributed by atoms with E-state index in [0.29, 0.717) is 17.1 Å². The summed E-state index contributed by atoms with van der Waals surface area (Å²) in [5.74, 6) is 0.153. The number of nitrogens with one attached hydrogen (secondary N) is 1. The Morgan fingerprint density at radius 1 is 1.29 bits per heavy atom. The summed E-state index contributed by atoms with van der Waals surface area (Å²) in [4.78, 5) is 17.2. The minimum Gasteiger partial charge on any atom is -0.443 e. The predicted molar refractivity (Wildman–Crippen MR) is 84.1 cm³/mol. The standard InChI is InChI=1S/C16H12F2N2O3S/c17-16(18)23-12-5-3-10(4-6-12)14(21)19-8-11-9-22-15(20-11)13-2-1-7-24-13/h1-7,9,16H,8H2,(H,19,21). The van der Waals surface area contributed by atoms with E-state index in [1.54, 1.807) is 0 Å². The molecule has 0 saturated carbocycles. The molecule has 2 heterocycles. The molecule has 0 saturated heterocycles. The molecule has 8 heteroatoms. The monoisotopic (exact) mass is 350 g/mol. The highest BCUT2D eigenvalue weighted by molar-refractivity contribution is 7.13. The zero-order valence-corrected chi connectivity index (χ0v) is 13.1. The SMILES string of the molecule is O=C(NCc1coc(-c2cccs2)n1)c1ccc(OC(F)F)cc1. The molecule has 0 spiro atoms. The molecular weight excluding hydrogens is 338 g/mol. The molecule has 124 valence electrons. The lowest BCUT2D eigenvalue weighted by molar-refractivity contribution is -0.0498. The number of halogens is 2. The number of hydrogen-bond donors (Lipinski definition) is 1. The van der Waals surface area contributed by atoms with E-state index < -0.39 is 6.61 Å². The van der Waals surface area contributed by atoms with Gasteiger partial charge in [-0.1, -0.05) is 6.07 Å². The summed E-state index contributed by atoms with van der Waals surface area (Å²) >= 11 is 1.51. The number of alkyl halides is 2. The number of oxazole rings is 1. The molecule has 5 nitrogen and oxygen atoms in total. The van der Waals surface area contributed by atoms with E-state index in [2.05, 4.69) is 15.0 Å². The first-order valence-electron chi connectivity index (χ1n) is 6.93. The summed E-state index contributed by atoms with van der Waals surface area (Å²) in [6.07, 6.45) is 1.48. The fourth-order valence-corrected chi connectivity index (χ4v) is 2.62. The fraction of sp³-hybridized carbons (Fsp3) is 0.125. The first-order valence-corrected chi connectivity index (χ1v) is 7.81. The average Bonchev–Trinajstić information content (AvgIpc) is 3.24. The van der Waals surface area contributed by atoms with Gasteiger partial charge in [0.05, 0.1) is 17.1 Å². The van der Waals surface area contributed by atoms with Crippen LogP contribution in [0.4, 0.5) is 8.78 Å². The molecule has 3 aromatic rings. The molecule has 0 bridgehead atoms. The number of nitrogens with zero attached hydrogens (tertiary/aromatic N) is 1. The smallest absolute Gasteiger partial charge is 0.387 e. The second-order valence-electron chi connectivity index (χ2n) is 4.71. The number of thiophene rings is 1. The molecule has 2 aromatic heterocycles. The molecule has 1 amide bonds. The highest BCUT2D eigenvalue weighted by Gasteiger charge is 2.11. The van der Waals surface area contributed by atoms with Crippen LogP contribution in [-0.2, 0) is 6.54 Å². The van der Waals surface area contributed by atoms with Gasteiger partial charge in [0.25, 0.3) is 5.91 Å². The Morgan fingerprint density at radius 3 is 2.75 bits per heavy atom. The van der Waals surface area contributed by atoms with E-state index in [1.165, 1.54) is 41.9 Å². The Labute approximate surface area is 139 Å². The van der Waals surface area contributed by atoms with Gasteiger partial charge in [-0.15, -0.1) is 11.3 Å². The van der Waals surface area contributed by atoms with Gasteiger partial charge in [0.2, 0.25) is 5.89 Å². The Balaban J connectivity index is 1.57. The van der Waals surface area contributed by atoms with E-state index in [-0.39, 0.29) is 18.2 Å². The summed E-state index contributed by atoms with van der Waals surface area (Å²) in [7, 11) is 0. The van der Waals surface area contributed by atoms with Crippen molar-refractivity contribution in [1.29, 1.82) is 0 Å². The molecule has 0 unspecified atom stereocenters. The van der Waals surface area contributed by atoms with Crippen LogP contribution in [-0.4, -0.2) is 17.5 Å². The summed E-state index contributed by atoms with van der Waals surface area (Å²) in [6, 6.07) is 9.23. The quantitative estimate of drug-likeness (QED) is 0.731. The number of amides is 1. The number of ether oxygens (including phenoxy) is 1. The van der Waals surface area contributed by atoms with Crippen LogP contribution in [0, 0.1) is 0 Å². The van der Waals surface area contributed by atoms with Crippen LogP contribution in [0.1, 0.15) is 16.1 Å². The van der Waals surface area contributed by atoms with Crippen LogP contribution in [0.3, 0.4) is 0 Å². The highest BCUT2D eigenvalue weighted by atomic mass is 32.1. The third-order valence-electron chi connectivity index (χ3n) is 3.06. The van der Waals surface area contributed by atoms with Crippen LogP contribution in [0.15, 0.2) is 52.5 Å². The maximum atomic E-state index is 12.1. The minimum atomic E-state index is -2.89. The number of hydrogen-bond acceptors (Lipinski definition) is 5. The Bertz CT molecular complexity index is 801. The molecule has 0 radical (unpaired) electrons. The lowest BCUT2D eigenvalue weighted by atomic mass is 10.2. The van der Waals surface area contributed by atoms with Crippen LogP contribution >= 0.6 is 11.3 Å². The molecule has 0 aliphatic heterocycles. The predicted octanol–water partition coefficient (Wildman–Crippen LogP) is 3.93. The van der Waals surface area contributed by atoms with Gasteiger partial charge < -0.3 is 14.5 Å². The van der Waals surface area contributed by atoms with Crippen molar-refractivity contribution >= 4 is 17.2 Å². The number of carbonyl (C=O) groups is 1. The molecular formula is C16H12F2N2O3S. The van der Waals surface area contributed by atoms with E-state index in [0.717, 1.165) is 4.88 Å². The second kappa shape index (κ2) is 7.22. The van der Waals surface area contributed by atoms with Crippen molar-refractivity contribution in [3.63, 3.8) is 0 Å². The number of aromatic nitrogens is 1. The lowest BCUT2D eigenvalue weighted by Crippen LogP contribution is -2.22. The van der Waals surface area contributed by atoms with Crippen LogP contribution in [0.25, 0.3) is 10.8 Å². The van der Waals surface area contributed by atoms with Gasteiger partial charge in [0.1, 0.15) is 12.0 Å². The van der Waals surface area contributed by atoms with Crippen LogP contribution in [0.2, 0.25) is 0 Å². The van der Waals surface area contributed by atoms with E-state index >= 15 is 0 Å². The summed E-state index contributed by atoms with van der Waals surface area (Å²) < 4.78 is 33.7. The molecule has 24 heavy (non-hydrogen) atoms. The van der Waals surface area contributed by atoms with Crippen LogP contribution in [0.5, 0.6) is 5.75 Å². The number of carbonyl (C=O) groups excluding carboxylic acids is 1. The average molecular weight is 350 g/mol. The van der Waals surface area contributed by atoms with Gasteiger partial charge in [-0.3, -0.25) is 4.79 Å². The molecule has 0 atom stereocenters. The third kappa shape index (κ3) is 3.96. The van der Waals surface area contributed by atoms with Gasteiger partial charge in [0, 0.05) is 5.56 Å². The number of rotatable bonds is 6. The molecule has 1 N–H and O–H groups in total. The maximum Gasteiger partial charge on any atom is 0.387 e. The fourth-order valence-electron chi connectivity index (χ4n) is 1.96. The van der Waals surface area contributed by atoms with Crippen molar-refractivity contribution in [2.45, 2.75) is 13.2 Å². The topological polar surface area (TPSA) is 64.4 Å². The Morgan fingerprint density at radius 2 is 2.08 bits per heavy atom. The molecule has 0 aliphatic rings. The van der Waals surface area contributed by atoms with Crippen molar-refractivity contribution in [1.82, 2.24) is 10.3 Å². The third-order valence-corrected chi connectivity index (χ3v) is 3.91. The largest absolute Gasteiger partial charge is 0.443 e. The summed E-state index contributed by atoms with van der Waals surface area (Å²) in [5.41, 5.74) is 0.919. The zero-order chi connectivity index (χ0) is 16.9. The highest BCUT2D eigenvalue weighted by Crippen LogP contribution is 2.23. The molecule has 1 aromatic carbocycles. The summed E-state index contributed by atoms with van der Waals surface area (Å²) in [5, 5.41) is 4.61. The first-order chi connectivity index (χ1) is 11.6. The van der Waals surface area contributed by atoms with Crippen molar-refractivity contribution < 1.29 is 22.7 Å². The minimum absolute atomic E-state index is 0.00126. The van der Waals surface area contributed by atoms with Crippen molar-refractivity contribution in [2.75, 3.05) is 0 Å². The van der Waals surface area contributed by atoms with Crippen LogP contribution < -0.4 is 10.1 Å². The second-order valence-corrected chi connectivity index (χ2v) is 5.65. The number of benzene rings is 1. The molecule has 3 rings (SSSR count). The van der Waals surface area contributed by atoms with Gasteiger partial charge in [-0.2, -0.15) is 8.78 Å². The van der Waals surface area contributed by atoms with Gasteiger partial charge >= 0.3 is 6.61 Å². The van der Waals surface area contributed by atoms with Crippen molar-refractivity contribution in [2.24, 2.45) is 0 Å². The van der Waals surface area contributed by atoms with E-state index in [1.807, 2.05) is 17.5 Å². The normalized spacial score (nSPS) is 10.8. The van der Waals surface area contributed by atoms with Gasteiger partial charge in [-0.25, -0.2) is 4.98 Å². The lowest BCUT2D eigenvalue weighted by Gasteiger charge is -2.06. The van der Waals surface area contributed by atoms with Crippen molar-refractivity contribution in [3.8, 4) is 16.5 Å². The maximum absolute atomic E-state index is 12.1. The first kappa shape index (κ1) is 16.1. The molecule has 0 aliphatic carbocycles. The Hall–Kier alpha value is -2.74. The Kier molecular flexibility index (Phi) is 4.85. The van der Waals surface area contributed by atoms with Gasteiger partial charge in [-0.05, 0) is 35.7 Å². The molecule has 0 fully saturated rings. The summed E-state index contributed by atoms with van der Waals surface area (Å²) in [6.45, 7) is -2.70. The van der Waals surface area contributed by atoms with E-state index in [4.69, 9.17) is 4.42 Å². The zero-order valence-electron chi connectivity index (χ0n) is 12.2. The van der Waals surface area contributed by atoms with Crippen molar-refractivity contribution in [3.05, 3.63) is 59.3 Å².